The lowest BCUT2D eigenvalue weighted by Crippen LogP contribution is -2.06. The van der Waals surface area contributed by atoms with Crippen LogP contribution in [0.3, 0.4) is 0 Å². The Morgan fingerprint density at radius 1 is 1.14 bits per heavy atom. The zero-order chi connectivity index (χ0) is 21.2. The van der Waals surface area contributed by atoms with E-state index in [2.05, 4.69) is 4.98 Å². The number of alkyl halides is 3. The fourth-order valence-corrected chi connectivity index (χ4v) is 3.65. The number of carbonyl (C=O) groups is 1. The predicted molar refractivity (Wildman–Crippen MR) is 107 cm³/mol. The van der Waals surface area contributed by atoms with Crippen LogP contribution >= 0.6 is 11.6 Å². The molecule has 0 bridgehead atoms. The minimum absolute atomic E-state index is 0.127. The number of nitrogens with two attached hydrogens (primary N) is 1. The molecule has 4 N–H and O–H groups in total. The molecule has 0 aliphatic carbocycles. The first-order valence-electron chi connectivity index (χ1n) is 9.13. The van der Waals surface area contributed by atoms with Crippen LogP contribution in [0.4, 0.5) is 13.2 Å². The number of aromatic nitrogens is 1. The highest BCUT2D eigenvalue weighted by atomic mass is 35.5. The Hall–Kier alpha value is -2.51. The fourth-order valence-electron chi connectivity index (χ4n) is 3.43. The number of fused-ring (bicyclic) bond motifs is 1. The molecule has 1 heterocycles. The van der Waals surface area contributed by atoms with E-state index in [1.165, 1.54) is 6.07 Å². The van der Waals surface area contributed by atoms with Crippen molar-refractivity contribution >= 4 is 28.5 Å². The molecule has 0 radical (unpaired) electrons. The van der Waals surface area contributed by atoms with Gasteiger partial charge in [0.1, 0.15) is 0 Å². The van der Waals surface area contributed by atoms with Crippen molar-refractivity contribution < 1.29 is 23.1 Å². The van der Waals surface area contributed by atoms with Crippen LogP contribution in [0.25, 0.3) is 22.2 Å². The van der Waals surface area contributed by atoms with Crippen LogP contribution in [-0.4, -0.2) is 22.6 Å². The van der Waals surface area contributed by atoms with Crippen molar-refractivity contribution in [1.29, 1.82) is 0 Å². The van der Waals surface area contributed by atoms with Gasteiger partial charge in [0.15, 0.2) is 0 Å². The molecule has 29 heavy (non-hydrogen) atoms. The Morgan fingerprint density at radius 2 is 1.90 bits per heavy atom. The quantitative estimate of drug-likeness (QED) is 0.443. The minimum Gasteiger partial charge on any atom is -0.481 e. The van der Waals surface area contributed by atoms with E-state index in [0.29, 0.717) is 29.8 Å². The fraction of sp³-hybridized carbons (Fsp3) is 0.286. The lowest BCUT2D eigenvalue weighted by Gasteiger charge is -2.12. The summed E-state index contributed by atoms with van der Waals surface area (Å²) < 4.78 is 39.9. The number of benzene rings is 2. The van der Waals surface area contributed by atoms with E-state index in [-0.39, 0.29) is 11.4 Å². The maximum atomic E-state index is 13.3. The second-order valence-electron chi connectivity index (χ2n) is 6.87. The van der Waals surface area contributed by atoms with Gasteiger partial charge in [-0.05, 0) is 66.8 Å². The molecule has 0 aliphatic rings. The van der Waals surface area contributed by atoms with E-state index >= 15 is 0 Å². The smallest absolute Gasteiger partial charge is 0.417 e. The van der Waals surface area contributed by atoms with Gasteiger partial charge in [-0.15, -0.1) is 0 Å². The summed E-state index contributed by atoms with van der Waals surface area (Å²) >= 11 is 5.76. The molecule has 0 saturated heterocycles. The number of nitrogens with one attached hydrogen (secondary N) is 1. The second kappa shape index (κ2) is 8.47. The lowest BCUT2D eigenvalue weighted by molar-refractivity contribution is -0.137. The van der Waals surface area contributed by atoms with E-state index in [9.17, 15) is 18.0 Å². The first-order chi connectivity index (χ1) is 13.7. The largest absolute Gasteiger partial charge is 0.481 e. The SMILES string of the molecule is NCCCCc1c(-c2ccc(Cl)c(C(F)(F)F)c2)[nH]c2ccc(CC(=O)O)cc12. The summed E-state index contributed by atoms with van der Waals surface area (Å²) in [5.41, 5.74) is 7.85. The van der Waals surface area contributed by atoms with Crippen molar-refractivity contribution in [1.82, 2.24) is 4.98 Å². The van der Waals surface area contributed by atoms with Crippen molar-refractivity contribution in [3.63, 3.8) is 0 Å². The predicted octanol–water partition coefficient (Wildman–Crippen LogP) is 5.42. The normalized spacial score (nSPS) is 11.9. The molecule has 0 saturated carbocycles. The summed E-state index contributed by atoms with van der Waals surface area (Å²) in [5.74, 6) is -0.947. The lowest BCUT2D eigenvalue weighted by atomic mass is 9.98. The summed E-state index contributed by atoms with van der Waals surface area (Å²) in [4.78, 5) is 14.2. The highest BCUT2D eigenvalue weighted by Gasteiger charge is 2.33. The number of aromatic amines is 1. The van der Waals surface area contributed by atoms with Gasteiger partial charge in [-0.25, -0.2) is 0 Å². The highest BCUT2D eigenvalue weighted by molar-refractivity contribution is 6.31. The van der Waals surface area contributed by atoms with Crippen molar-refractivity contribution in [2.75, 3.05) is 6.54 Å². The third-order valence-electron chi connectivity index (χ3n) is 4.77. The number of aryl methyl sites for hydroxylation is 1. The Bertz CT molecular complexity index is 1040. The summed E-state index contributed by atoms with van der Waals surface area (Å²) in [6.07, 6.45) is -2.55. The molecular formula is C21H20ClF3N2O2. The third kappa shape index (κ3) is 4.74. The zero-order valence-electron chi connectivity index (χ0n) is 15.4. The van der Waals surface area contributed by atoms with E-state index in [1.807, 2.05) is 0 Å². The van der Waals surface area contributed by atoms with Crippen LogP contribution in [-0.2, 0) is 23.8 Å². The van der Waals surface area contributed by atoms with Gasteiger partial charge in [-0.2, -0.15) is 13.2 Å². The average molecular weight is 425 g/mol. The van der Waals surface area contributed by atoms with Crippen LogP contribution in [0.1, 0.15) is 29.5 Å². The number of H-pyrrole nitrogens is 1. The molecule has 154 valence electrons. The standard InChI is InChI=1S/C21H20ClF3N2O2/c22-17-6-5-13(11-16(17)21(23,24)25)20-14(3-1-2-8-26)15-9-12(10-19(28)29)4-7-18(15)27-20/h4-7,9,11,27H,1-3,8,10,26H2,(H,28,29). The monoisotopic (exact) mass is 424 g/mol. The van der Waals surface area contributed by atoms with Gasteiger partial charge in [0, 0.05) is 16.6 Å². The highest BCUT2D eigenvalue weighted by Crippen LogP contribution is 2.39. The van der Waals surface area contributed by atoms with E-state index in [1.54, 1.807) is 24.3 Å². The number of hydrogen-bond acceptors (Lipinski definition) is 2. The van der Waals surface area contributed by atoms with E-state index < -0.39 is 17.7 Å². The van der Waals surface area contributed by atoms with Gasteiger partial charge >= 0.3 is 12.1 Å². The molecule has 0 atom stereocenters. The second-order valence-corrected chi connectivity index (χ2v) is 7.27. The molecule has 3 rings (SSSR count). The molecule has 0 aliphatic heterocycles. The van der Waals surface area contributed by atoms with Crippen molar-refractivity contribution in [2.45, 2.75) is 31.9 Å². The first kappa shape index (κ1) is 21.2. The van der Waals surface area contributed by atoms with Gasteiger partial charge in [-0.1, -0.05) is 23.7 Å². The van der Waals surface area contributed by atoms with Gasteiger partial charge in [0.2, 0.25) is 0 Å². The van der Waals surface area contributed by atoms with Gasteiger partial charge in [0.25, 0.3) is 0 Å². The van der Waals surface area contributed by atoms with E-state index in [4.69, 9.17) is 22.4 Å². The summed E-state index contributed by atoms with van der Waals surface area (Å²) in [6, 6.07) is 9.06. The van der Waals surface area contributed by atoms with Crippen molar-refractivity contribution in [3.8, 4) is 11.3 Å². The van der Waals surface area contributed by atoms with Crippen LogP contribution < -0.4 is 5.73 Å². The van der Waals surface area contributed by atoms with Gasteiger partial charge in [-0.3, -0.25) is 4.79 Å². The molecule has 0 unspecified atom stereocenters. The Labute approximate surface area is 170 Å². The van der Waals surface area contributed by atoms with Crippen LogP contribution in [0.2, 0.25) is 5.02 Å². The summed E-state index contributed by atoms with van der Waals surface area (Å²) in [5, 5.41) is 9.51. The Balaban J connectivity index is 2.15. The molecule has 1 aromatic heterocycles. The molecule has 0 fully saturated rings. The third-order valence-corrected chi connectivity index (χ3v) is 5.10. The molecule has 3 aromatic rings. The summed E-state index contributed by atoms with van der Waals surface area (Å²) in [6.45, 7) is 0.515. The zero-order valence-corrected chi connectivity index (χ0v) is 16.2. The maximum Gasteiger partial charge on any atom is 0.417 e. The molecule has 0 spiro atoms. The Morgan fingerprint density at radius 3 is 2.55 bits per heavy atom. The van der Waals surface area contributed by atoms with E-state index in [0.717, 1.165) is 35.4 Å². The Kier molecular flexibility index (Phi) is 6.19. The number of rotatable bonds is 7. The van der Waals surface area contributed by atoms with Crippen molar-refractivity contribution in [3.05, 3.63) is 58.1 Å². The number of halogens is 4. The number of hydrogen-bond donors (Lipinski definition) is 3. The first-order valence-corrected chi connectivity index (χ1v) is 9.51. The number of carboxylic acids is 1. The molecule has 0 amide bonds. The van der Waals surface area contributed by atoms with Gasteiger partial charge < -0.3 is 15.8 Å². The molecule has 8 heteroatoms. The van der Waals surface area contributed by atoms with Crippen LogP contribution in [0.5, 0.6) is 0 Å². The van der Waals surface area contributed by atoms with Crippen LogP contribution in [0.15, 0.2) is 36.4 Å². The minimum atomic E-state index is -4.56. The van der Waals surface area contributed by atoms with Gasteiger partial charge in [0.05, 0.1) is 17.0 Å². The van der Waals surface area contributed by atoms with Crippen molar-refractivity contribution in [2.24, 2.45) is 5.73 Å². The number of carboxylic acid groups (broad SMARTS) is 1. The molecular weight excluding hydrogens is 405 g/mol. The molecule has 4 nitrogen and oxygen atoms in total. The number of aliphatic carboxylic acids is 1. The maximum absolute atomic E-state index is 13.3. The van der Waals surface area contributed by atoms with Crippen LogP contribution in [0, 0.1) is 0 Å². The topological polar surface area (TPSA) is 79.1 Å². The molecule has 2 aromatic carbocycles. The summed E-state index contributed by atoms with van der Waals surface area (Å²) in [7, 11) is 0. The number of unbranched alkanes of at least 4 members (excludes halogenated alkanes) is 1. The average Bonchev–Trinajstić information content (AvgIpc) is 2.99.